The first-order chi connectivity index (χ1) is 13.0. The molecule has 1 aromatic heterocycles. The number of rotatable bonds is 7. The second kappa shape index (κ2) is 8.63. The van der Waals surface area contributed by atoms with E-state index in [1.54, 1.807) is 11.6 Å². The Morgan fingerprint density at radius 1 is 1.19 bits per heavy atom. The molecular formula is C18H16F2N4O2S. The van der Waals surface area contributed by atoms with Crippen molar-refractivity contribution in [3.8, 4) is 5.75 Å². The van der Waals surface area contributed by atoms with Gasteiger partial charge in [0.1, 0.15) is 24.0 Å². The molecule has 0 aliphatic carbocycles. The number of benzene rings is 2. The lowest BCUT2D eigenvalue weighted by Gasteiger charge is -2.07. The van der Waals surface area contributed by atoms with Crippen molar-refractivity contribution < 1.29 is 18.3 Å². The third kappa shape index (κ3) is 5.04. The van der Waals surface area contributed by atoms with Crippen LogP contribution in [0.1, 0.15) is 5.82 Å². The van der Waals surface area contributed by atoms with Gasteiger partial charge < -0.3 is 14.6 Å². The fourth-order valence-corrected chi connectivity index (χ4v) is 2.90. The molecule has 140 valence electrons. The van der Waals surface area contributed by atoms with E-state index in [4.69, 9.17) is 4.74 Å². The molecule has 0 saturated heterocycles. The number of anilines is 1. The Bertz CT molecular complexity index is 934. The Kier molecular flexibility index (Phi) is 6.02. The minimum atomic E-state index is -0.827. The van der Waals surface area contributed by atoms with Crippen molar-refractivity contribution in [2.45, 2.75) is 11.8 Å². The van der Waals surface area contributed by atoms with Crippen LogP contribution >= 0.6 is 11.8 Å². The molecule has 3 rings (SSSR count). The van der Waals surface area contributed by atoms with Crippen molar-refractivity contribution in [1.29, 1.82) is 0 Å². The van der Waals surface area contributed by atoms with Crippen LogP contribution in [0.4, 0.5) is 14.5 Å². The molecule has 0 aliphatic rings. The number of ether oxygens (including phenoxy) is 1. The second-order valence-corrected chi connectivity index (χ2v) is 6.46. The lowest BCUT2D eigenvalue weighted by Crippen LogP contribution is -2.15. The molecular weight excluding hydrogens is 374 g/mol. The Morgan fingerprint density at radius 3 is 2.70 bits per heavy atom. The molecule has 1 heterocycles. The van der Waals surface area contributed by atoms with E-state index in [2.05, 4.69) is 15.5 Å². The van der Waals surface area contributed by atoms with E-state index in [9.17, 15) is 13.6 Å². The molecule has 1 N–H and O–H groups in total. The summed E-state index contributed by atoms with van der Waals surface area (Å²) in [7, 11) is 1.77. The first-order valence-electron chi connectivity index (χ1n) is 7.97. The number of nitrogens with zero attached hydrogens (tertiary/aromatic N) is 3. The third-order valence-corrected chi connectivity index (χ3v) is 4.59. The van der Waals surface area contributed by atoms with Gasteiger partial charge in [-0.25, -0.2) is 8.78 Å². The highest BCUT2D eigenvalue weighted by molar-refractivity contribution is 7.99. The van der Waals surface area contributed by atoms with Crippen molar-refractivity contribution in [1.82, 2.24) is 14.8 Å². The summed E-state index contributed by atoms with van der Waals surface area (Å²) < 4.78 is 33.8. The average Bonchev–Trinajstić information content (AvgIpc) is 3.01. The molecule has 0 radical (unpaired) electrons. The minimum absolute atomic E-state index is 0.00231. The Morgan fingerprint density at radius 2 is 1.96 bits per heavy atom. The van der Waals surface area contributed by atoms with E-state index >= 15 is 0 Å². The molecule has 9 heteroatoms. The number of carbonyl (C=O) groups excluding carboxylic acids is 1. The summed E-state index contributed by atoms with van der Waals surface area (Å²) in [6, 6.07) is 12.3. The molecule has 0 unspecified atom stereocenters. The summed E-state index contributed by atoms with van der Waals surface area (Å²) in [4.78, 5) is 12.0. The van der Waals surface area contributed by atoms with Crippen LogP contribution in [-0.4, -0.2) is 26.4 Å². The van der Waals surface area contributed by atoms with Crippen LogP contribution < -0.4 is 10.1 Å². The molecule has 2 aromatic carbocycles. The number of aromatic nitrogens is 3. The van der Waals surface area contributed by atoms with Gasteiger partial charge in [-0.15, -0.1) is 10.2 Å². The van der Waals surface area contributed by atoms with Crippen LogP contribution in [0.25, 0.3) is 0 Å². The first kappa shape index (κ1) is 18.8. The summed E-state index contributed by atoms with van der Waals surface area (Å²) >= 11 is 1.15. The highest BCUT2D eigenvalue weighted by Crippen LogP contribution is 2.19. The van der Waals surface area contributed by atoms with Gasteiger partial charge in [-0.3, -0.25) is 4.79 Å². The molecule has 0 atom stereocenters. The highest BCUT2D eigenvalue weighted by Gasteiger charge is 2.13. The fraction of sp³-hybridized carbons (Fsp3) is 0.167. The summed E-state index contributed by atoms with van der Waals surface area (Å²) in [5, 5.41) is 11.0. The van der Waals surface area contributed by atoms with E-state index in [0.717, 1.165) is 23.6 Å². The summed E-state index contributed by atoms with van der Waals surface area (Å²) in [6.45, 7) is 0.237. The number of hydrogen-bond acceptors (Lipinski definition) is 5. The predicted molar refractivity (Wildman–Crippen MR) is 97.5 cm³/mol. The zero-order valence-corrected chi connectivity index (χ0v) is 15.2. The van der Waals surface area contributed by atoms with Crippen LogP contribution in [0.15, 0.2) is 53.7 Å². The quantitative estimate of drug-likeness (QED) is 0.626. The fourth-order valence-electron chi connectivity index (χ4n) is 2.17. The molecule has 0 fully saturated rings. The molecule has 3 aromatic rings. The van der Waals surface area contributed by atoms with E-state index < -0.39 is 17.5 Å². The smallest absolute Gasteiger partial charge is 0.234 e. The van der Waals surface area contributed by atoms with Crippen molar-refractivity contribution in [3.63, 3.8) is 0 Å². The summed E-state index contributed by atoms with van der Waals surface area (Å²) in [5.74, 6) is -0.642. The van der Waals surface area contributed by atoms with Gasteiger partial charge in [-0.05, 0) is 24.3 Å². The van der Waals surface area contributed by atoms with E-state index in [1.807, 2.05) is 30.3 Å². The maximum Gasteiger partial charge on any atom is 0.234 e. The lowest BCUT2D eigenvalue weighted by atomic mass is 10.3. The first-order valence-corrected chi connectivity index (χ1v) is 8.95. The van der Waals surface area contributed by atoms with Gasteiger partial charge >= 0.3 is 0 Å². The number of halogens is 2. The lowest BCUT2D eigenvalue weighted by molar-refractivity contribution is -0.113. The van der Waals surface area contributed by atoms with Crippen molar-refractivity contribution in [3.05, 3.63) is 66.0 Å². The average molecular weight is 390 g/mol. The topological polar surface area (TPSA) is 69.0 Å². The molecule has 0 bridgehead atoms. The Labute approximate surface area is 158 Å². The number of para-hydroxylation sites is 1. The standard InChI is InChI=1S/C18H16F2N4O2S/c1-24-16(10-26-13-5-3-2-4-6-13)22-23-18(24)27-11-17(25)21-15-8-7-12(19)9-14(15)20/h2-9H,10-11H2,1H3,(H,21,25). The largest absolute Gasteiger partial charge is 0.486 e. The Balaban J connectivity index is 1.53. The zero-order chi connectivity index (χ0) is 19.2. The van der Waals surface area contributed by atoms with Crippen molar-refractivity contribution >= 4 is 23.4 Å². The third-order valence-electron chi connectivity index (χ3n) is 3.57. The zero-order valence-electron chi connectivity index (χ0n) is 14.4. The van der Waals surface area contributed by atoms with Crippen molar-refractivity contribution in [2.75, 3.05) is 11.1 Å². The van der Waals surface area contributed by atoms with Crippen LogP contribution in [0.3, 0.4) is 0 Å². The molecule has 0 saturated carbocycles. The molecule has 0 aliphatic heterocycles. The number of carbonyl (C=O) groups is 1. The van der Waals surface area contributed by atoms with Gasteiger partial charge in [-0.2, -0.15) is 0 Å². The van der Waals surface area contributed by atoms with Crippen LogP contribution in [0.5, 0.6) is 5.75 Å². The number of nitrogens with one attached hydrogen (secondary N) is 1. The van der Waals surface area contributed by atoms with E-state index in [-0.39, 0.29) is 18.0 Å². The van der Waals surface area contributed by atoms with E-state index in [0.29, 0.717) is 17.0 Å². The van der Waals surface area contributed by atoms with Gasteiger partial charge in [0, 0.05) is 13.1 Å². The van der Waals surface area contributed by atoms with Gasteiger partial charge in [0.05, 0.1) is 11.4 Å². The SMILES string of the molecule is Cn1c(COc2ccccc2)nnc1SCC(=O)Nc1ccc(F)cc1F. The van der Waals surface area contributed by atoms with Gasteiger partial charge in [0.25, 0.3) is 0 Å². The minimum Gasteiger partial charge on any atom is -0.486 e. The molecule has 27 heavy (non-hydrogen) atoms. The van der Waals surface area contributed by atoms with Crippen LogP contribution in [-0.2, 0) is 18.4 Å². The molecule has 1 amide bonds. The maximum absolute atomic E-state index is 13.6. The highest BCUT2D eigenvalue weighted by atomic mass is 32.2. The predicted octanol–water partition coefficient (Wildman–Crippen LogP) is 3.40. The Hall–Kier alpha value is -2.94. The van der Waals surface area contributed by atoms with Crippen LogP contribution in [0, 0.1) is 11.6 Å². The van der Waals surface area contributed by atoms with Gasteiger partial charge in [0.2, 0.25) is 5.91 Å². The van der Waals surface area contributed by atoms with Crippen molar-refractivity contribution in [2.24, 2.45) is 7.05 Å². The molecule has 6 nitrogen and oxygen atoms in total. The van der Waals surface area contributed by atoms with Gasteiger partial charge in [-0.1, -0.05) is 30.0 Å². The number of amides is 1. The van der Waals surface area contributed by atoms with E-state index in [1.165, 1.54) is 6.07 Å². The van der Waals surface area contributed by atoms with Crippen LogP contribution in [0.2, 0.25) is 0 Å². The summed E-state index contributed by atoms with van der Waals surface area (Å²) in [5.41, 5.74) is -0.0723. The number of hydrogen-bond donors (Lipinski definition) is 1. The monoisotopic (exact) mass is 390 g/mol. The molecule has 0 spiro atoms. The number of thioether (sulfide) groups is 1. The summed E-state index contributed by atoms with van der Waals surface area (Å²) in [6.07, 6.45) is 0. The maximum atomic E-state index is 13.6. The van der Waals surface area contributed by atoms with Gasteiger partial charge in [0.15, 0.2) is 11.0 Å². The second-order valence-electron chi connectivity index (χ2n) is 5.52. The normalized spacial score (nSPS) is 10.6.